The highest BCUT2D eigenvalue weighted by molar-refractivity contribution is 6.06. The zero-order valence-electron chi connectivity index (χ0n) is 23.8. The van der Waals surface area contributed by atoms with Crippen molar-refractivity contribution in [3.8, 4) is 5.75 Å². The number of nitrogens with one attached hydrogen (secondary N) is 3. The van der Waals surface area contributed by atoms with Crippen LogP contribution in [0.2, 0.25) is 0 Å². The standard InChI is InChI=1S/C30H38N8O2/c1-7-33-24-18-34-29(38-14-12-32-13-15-38)37-26(24)27(31)35-22-16-20(9-8-19(22)2)28(39)36-23-17-21(30(3,4)5)10-11-25(23)40-6/h7-11,16-18,32-33H,1,12-15H2,2-6H3,(H2,31,35)(H,36,39). The molecule has 0 spiro atoms. The van der Waals surface area contributed by atoms with Crippen LogP contribution in [0.4, 0.5) is 23.0 Å². The first-order valence-corrected chi connectivity index (χ1v) is 13.3. The molecule has 1 amide bonds. The summed E-state index contributed by atoms with van der Waals surface area (Å²) < 4.78 is 5.49. The molecule has 0 radical (unpaired) electrons. The van der Waals surface area contributed by atoms with Gasteiger partial charge < -0.3 is 31.3 Å². The number of hydrogen-bond acceptors (Lipinski definition) is 8. The molecule has 10 heteroatoms. The van der Waals surface area contributed by atoms with E-state index in [0.717, 1.165) is 37.3 Å². The maximum atomic E-state index is 13.3. The molecule has 1 fully saturated rings. The van der Waals surface area contributed by atoms with Crippen molar-refractivity contribution in [2.24, 2.45) is 10.7 Å². The number of ether oxygens (including phenoxy) is 1. The summed E-state index contributed by atoms with van der Waals surface area (Å²) in [4.78, 5) is 29.3. The molecule has 5 N–H and O–H groups in total. The number of amides is 1. The Morgan fingerprint density at radius 3 is 2.60 bits per heavy atom. The van der Waals surface area contributed by atoms with Crippen LogP contribution < -0.4 is 31.3 Å². The maximum absolute atomic E-state index is 13.3. The van der Waals surface area contributed by atoms with Crippen LogP contribution in [0.3, 0.4) is 0 Å². The number of carbonyl (C=O) groups excluding carboxylic acids is 1. The number of methoxy groups -OCH3 is 1. The van der Waals surface area contributed by atoms with Gasteiger partial charge in [-0.2, -0.15) is 0 Å². The van der Waals surface area contributed by atoms with Crippen molar-refractivity contribution >= 4 is 34.8 Å². The number of aryl methyl sites for hydroxylation is 1. The first-order valence-electron chi connectivity index (χ1n) is 13.3. The predicted molar refractivity (Wildman–Crippen MR) is 162 cm³/mol. The lowest BCUT2D eigenvalue weighted by Crippen LogP contribution is -2.44. The molecule has 4 rings (SSSR count). The van der Waals surface area contributed by atoms with Crippen LogP contribution in [-0.4, -0.2) is 55.0 Å². The average molecular weight is 543 g/mol. The normalized spacial score (nSPS) is 14.0. The summed E-state index contributed by atoms with van der Waals surface area (Å²) in [6.45, 7) is 15.3. The Morgan fingerprint density at radius 1 is 1.18 bits per heavy atom. The van der Waals surface area contributed by atoms with Crippen LogP contribution in [0.1, 0.15) is 48.0 Å². The van der Waals surface area contributed by atoms with Crippen LogP contribution >= 0.6 is 0 Å². The molecule has 210 valence electrons. The number of amidine groups is 1. The van der Waals surface area contributed by atoms with Gasteiger partial charge in [0.1, 0.15) is 11.4 Å². The second-order valence-electron chi connectivity index (χ2n) is 10.6. The van der Waals surface area contributed by atoms with Gasteiger partial charge in [-0.3, -0.25) is 4.79 Å². The SMILES string of the molecule is C=CNc1cnc(N2CCNCC2)nc1C(N)=Nc1cc(C(=O)Nc2cc(C(C)(C)C)ccc2OC)ccc1C. The highest BCUT2D eigenvalue weighted by Crippen LogP contribution is 2.32. The molecule has 1 aliphatic heterocycles. The van der Waals surface area contributed by atoms with E-state index in [-0.39, 0.29) is 17.2 Å². The molecule has 2 aromatic carbocycles. The van der Waals surface area contributed by atoms with E-state index in [4.69, 9.17) is 15.5 Å². The third-order valence-corrected chi connectivity index (χ3v) is 6.70. The van der Waals surface area contributed by atoms with E-state index in [1.165, 1.54) is 0 Å². The van der Waals surface area contributed by atoms with Crippen LogP contribution in [0.5, 0.6) is 5.75 Å². The molecule has 10 nitrogen and oxygen atoms in total. The van der Waals surface area contributed by atoms with E-state index in [2.05, 4.69) is 58.2 Å². The van der Waals surface area contributed by atoms with Gasteiger partial charge >= 0.3 is 0 Å². The average Bonchev–Trinajstić information content (AvgIpc) is 2.94. The van der Waals surface area contributed by atoms with Crippen LogP contribution in [0, 0.1) is 6.92 Å². The van der Waals surface area contributed by atoms with Crippen LogP contribution in [0.25, 0.3) is 0 Å². The van der Waals surface area contributed by atoms with Crippen molar-refractivity contribution in [3.05, 3.63) is 77.8 Å². The fraction of sp³-hybridized carbons (Fsp3) is 0.333. The quantitative estimate of drug-likeness (QED) is 0.244. The Bertz CT molecular complexity index is 1420. The highest BCUT2D eigenvalue weighted by atomic mass is 16.5. The number of piperazine rings is 1. The van der Waals surface area contributed by atoms with Crippen molar-refractivity contribution in [3.63, 3.8) is 0 Å². The summed E-state index contributed by atoms with van der Waals surface area (Å²) >= 11 is 0. The molecule has 0 unspecified atom stereocenters. The van der Waals surface area contributed by atoms with Gasteiger partial charge in [-0.15, -0.1) is 0 Å². The molecule has 1 saturated heterocycles. The lowest BCUT2D eigenvalue weighted by Gasteiger charge is -2.27. The third-order valence-electron chi connectivity index (χ3n) is 6.70. The van der Waals surface area contributed by atoms with E-state index < -0.39 is 0 Å². The van der Waals surface area contributed by atoms with Crippen molar-refractivity contribution in [1.82, 2.24) is 15.3 Å². The first kappa shape index (κ1) is 28.6. The molecular formula is C30H38N8O2. The van der Waals surface area contributed by atoms with Crippen LogP contribution in [-0.2, 0) is 5.41 Å². The fourth-order valence-electron chi connectivity index (χ4n) is 4.32. The number of nitrogens with two attached hydrogens (primary N) is 1. The topological polar surface area (TPSA) is 130 Å². The molecule has 2 heterocycles. The van der Waals surface area contributed by atoms with E-state index in [1.54, 1.807) is 31.6 Å². The van der Waals surface area contributed by atoms with E-state index >= 15 is 0 Å². The van der Waals surface area contributed by atoms with Crippen molar-refractivity contribution in [2.45, 2.75) is 33.1 Å². The van der Waals surface area contributed by atoms with Gasteiger partial charge in [0.15, 0.2) is 5.84 Å². The van der Waals surface area contributed by atoms with Gasteiger partial charge in [-0.05, 0) is 53.9 Å². The highest BCUT2D eigenvalue weighted by Gasteiger charge is 2.19. The molecule has 40 heavy (non-hydrogen) atoms. The van der Waals surface area contributed by atoms with Gasteiger partial charge in [0, 0.05) is 31.7 Å². The molecule has 3 aromatic rings. The van der Waals surface area contributed by atoms with Crippen molar-refractivity contribution in [2.75, 3.05) is 48.8 Å². The number of aromatic nitrogens is 2. The molecule has 1 aromatic heterocycles. The molecular weight excluding hydrogens is 504 g/mol. The number of rotatable bonds is 8. The smallest absolute Gasteiger partial charge is 0.255 e. The summed E-state index contributed by atoms with van der Waals surface area (Å²) in [6, 6.07) is 11.1. The maximum Gasteiger partial charge on any atom is 0.255 e. The monoisotopic (exact) mass is 542 g/mol. The number of benzene rings is 2. The summed E-state index contributed by atoms with van der Waals surface area (Å²) in [5.41, 5.74) is 11.0. The van der Waals surface area contributed by atoms with Crippen molar-refractivity contribution in [1.29, 1.82) is 0 Å². The van der Waals surface area contributed by atoms with E-state index in [0.29, 0.717) is 40.0 Å². The summed E-state index contributed by atoms with van der Waals surface area (Å²) in [5.74, 6) is 1.09. The summed E-state index contributed by atoms with van der Waals surface area (Å²) in [5, 5.41) is 9.36. The van der Waals surface area contributed by atoms with Crippen molar-refractivity contribution < 1.29 is 9.53 Å². The molecule has 0 atom stereocenters. The van der Waals surface area contributed by atoms with Gasteiger partial charge in [0.25, 0.3) is 5.91 Å². The van der Waals surface area contributed by atoms with Gasteiger partial charge in [0.05, 0.1) is 30.4 Å². The van der Waals surface area contributed by atoms with E-state index in [1.807, 2.05) is 31.2 Å². The number of hydrogen-bond donors (Lipinski definition) is 4. The summed E-state index contributed by atoms with van der Waals surface area (Å²) in [7, 11) is 1.58. The number of anilines is 3. The Labute approximate surface area is 235 Å². The van der Waals surface area contributed by atoms with Crippen LogP contribution in [0.15, 0.2) is 60.4 Å². The molecule has 1 aliphatic rings. The van der Waals surface area contributed by atoms with Gasteiger partial charge in [0.2, 0.25) is 5.95 Å². The lowest BCUT2D eigenvalue weighted by molar-refractivity contribution is 0.102. The van der Waals surface area contributed by atoms with E-state index in [9.17, 15) is 4.79 Å². The fourth-order valence-corrected chi connectivity index (χ4v) is 4.32. The Hall–Kier alpha value is -4.44. The number of aliphatic imine (C=N–C) groups is 1. The zero-order chi connectivity index (χ0) is 28.9. The third kappa shape index (κ3) is 6.58. The Morgan fingerprint density at radius 2 is 1.93 bits per heavy atom. The largest absolute Gasteiger partial charge is 0.495 e. The zero-order valence-corrected chi connectivity index (χ0v) is 23.8. The second-order valence-corrected chi connectivity index (χ2v) is 10.6. The minimum absolute atomic E-state index is 0.0833. The number of nitrogens with zero attached hydrogens (tertiary/aromatic N) is 4. The molecule has 0 bridgehead atoms. The van der Waals surface area contributed by atoms with Gasteiger partial charge in [-0.1, -0.05) is 39.5 Å². The Kier molecular flexibility index (Phi) is 8.69. The predicted octanol–water partition coefficient (Wildman–Crippen LogP) is 4.35. The lowest BCUT2D eigenvalue weighted by atomic mass is 9.87. The molecule has 0 saturated carbocycles. The minimum atomic E-state index is -0.281. The summed E-state index contributed by atoms with van der Waals surface area (Å²) in [6.07, 6.45) is 3.22. The minimum Gasteiger partial charge on any atom is -0.495 e. The Balaban J connectivity index is 1.65. The number of carbonyl (C=O) groups is 1. The first-order chi connectivity index (χ1) is 19.1. The van der Waals surface area contributed by atoms with Gasteiger partial charge in [-0.25, -0.2) is 15.0 Å². The molecule has 0 aliphatic carbocycles. The second kappa shape index (κ2) is 12.2.